The number of rotatable bonds is 4. The lowest BCUT2D eigenvalue weighted by atomic mass is 10.0. The van der Waals surface area contributed by atoms with Crippen molar-refractivity contribution in [2.75, 3.05) is 5.75 Å². The van der Waals surface area contributed by atoms with E-state index >= 15 is 0 Å². The molecule has 5 nitrogen and oxygen atoms in total. The van der Waals surface area contributed by atoms with E-state index in [1.165, 1.54) is 4.57 Å². The number of alkyl halides is 3. The molecule has 0 aliphatic carbocycles. The molecular formula is C23H19ClF3N3O2S. The molecule has 0 aliphatic rings. The van der Waals surface area contributed by atoms with E-state index in [2.05, 4.69) is 4.98 Å². The molecule has 172 valence electrons. The van der Waals surface area contributed by atoms with E-state index in [-0.39, 0.29) is 16.9 Å². The van der Waals surface area contributed by atoms with Crippen molar-refractivity contribution in [1.82, 2.24) is 14.1 Å². The van der Waals surface area contributed by atoms with Crippen molar-refractivity contribution in [1.29, 1.82) is 0 Å². The van der Waals surface area contributed by atoms with Crippen molar-refractivity contribution in [2.24, 2.45) is 14.1 Å². The van der Waals surface area contributed by atoms with E-state index in [4.69, 9.17) is 11.6 Å². The maximum atomic E-state index is 13.4. The molecule has 0 N–H and O–H groups in total. The standard InChI is InChI=1S/C23H19ClF3N3O2S/c1-4-33(32)18-11-14(13-5-8-15(24)9-6-13)7-10-16(18)21-28-17-12-19(23(25,26)27)29(2)22(31)20(17)30(21)3/h5-12H,4H2,1-3H3. The molecule has 2 aromatic carbocycles. The lowest BCUT2D eigenvalue weighted by Gasteiger charge is -2.14. The smallest absolute Gasteiger partial charge is 0.431 e. The summed E-state index contributed by atoms with van der Waals surface area (Å²) in [5.74, 6) is 0.599. The fourth-order valence-electron chi connectivity index (χ4n) is 3.75. The number of fused-ring (bicyclic) bond motifs is 1. The van der Waals surface area contributed by atoms with Crippen LogP contribution >= 0.6 is 11.6 Å². The minimum Gasteiger partial charge on any atom is -0.611 e. The van der Waals surface area contributed by atoms with Crippen LogP contribution in [0.25, 0.3) is 33.5 Å². The first-order valence-corrected chi connectivity index (χ1v) is 11.6. The van der Waals surface area contributed by atoms with E-state index in [1.807, 2.05) is 18.2 Å². The Morgan fingerprint density at radius 2 is 1.67 bits per heavy atom. The number of hydrogen-bond donors (Lipinski definition) is 0. The van der Waals surface area contributed by atoms with Crippen LogP contribution in [0.1, 0.15) is 12.6 Å². The van der Waals surface area contributed by atoms with Crippen LogP contribution in [0.15, 0.2) is 58.2 Å². The van der Waals surface area contributed by atoms with E-state index < -0.39 is 28.6 Å². The lowest BCUT2D eigenvalue weighted by molar-refractivity contribution is -0.143. The van der Waals surface area contributed by atoms with Gasteiger partial charge in [-0.15, -0.1) is 0 Å². The summed E-state index contributed by atoms with van der Waals surface area (Å²) in [5.41, 5.74) is 0.239. The summed E-state index contributed by atoms with van der Waals surface area (Å²) >= 11 is 4.58. The van der Waals surface area contributed by atoms with Gasteiger partial charge in [0, 0.05) is 25.2 Å². The first-order valence-electron chi connectivity index (χ1n) is 9.95. The van der Waals surface area contributed by atoms with Crippen molar-refractivity contribution in [3.05, 3.63) is 69.6 Å². The Kier molecular flexibility index (Phi) is 6.07. The van der Waals surface area contributed by atoms with Gasteiger partial charge in [0.25, 0.3) is 5.56 Å². The van der Waals surface area contributed by atoms with Gasteiger partial charge in [-0.3, -0.25) is 4.79 Å². The van der Waals surface area contributed by atoms with Gasteiger partial charge in [-0.2, -0.15) is 13.2 Å². The van der Waals surface area contributed by atoms with Gasteiger partial charge in [-0.25, -0.2) is 4.98 Å². The van der Waals surface area contributed by atoms with Gasteiger partial charge < -0.3 is 13.7 Å². The van der Waals surface area contributed by atoms with Gasteiger partial charge in [0.2, 0.25) is 0 Å². The second-order valence-corrected chi connectivity index (χ2v) is 9.62. The van der Waals surface area contributed by atoms with Gasteiger partial charge in [0.15, 0.2) is 4.90 Å². The van der Waals surface area contributed by atoms with Gasteiger partial charge in [-0.05, 0) is 53.5 Å². The predicted octanol–water partition coefficient (Wildman–Crippen LogP) is 5.41. The second kappa shape index (κ2) is 8.55. The van der Waals surface area contributed by atoms with E-state index in [1.54, 1.807) is 38.2 Å². The van der Waals surface area contributed by atoms with E-state index in [0.717, 1.165) is 24.2 Å². The molecule has 1 unspecified atom stereocenters. The number of hydrogen-bond acceptors (Lipinski definition) is 3. The monoisotopic (exact) mass is 493 g/mol. The summed E-state index contributed by atoms with van der Waals surface area (Å²) in [4.78, 5) is 17.6. The Morgan fingerprint density at radius 1 is 1.03 bits per heavy atom. The van der Waals surface area contributed by atoms with E-state index in [9.17, 15) is 22.5 Å². The zero-order chi connectivity index (χ0) is 24.1. The molecular weight excluding hydrogens is 475 g/mol. The highest BCUT2D eigenvalue weighted by atomic mass is 35.5. The summed E-state index contributed by atoms with van der Waals surface area (Å²) in [5, 5.41) is 0.590. The molecule has 0 radical (unpaired) electrons. The van der Waals surface area contributed by atoms with Crippen molar-refractivity contribution in [3.8, 4) is 22.5 Å². The van der Waals surface area contributed by atoms with Crippen molar-refractivity contribution in [2.45, 2.75) is 18.0 Å². The molecule has 0 fully saturated rings. The third kappa shape index (κ3) is 4.16. The molecule has 10 heteroatoms. The topological polar surface area (TPSA) is 62.9 Å². The predicted molar refractivity (Wildman–Crippen MR) is 124 cm³/mol. The van der Waals surface area contributed by atoms with E-state index in [0.29, 0.717) is 25.8 Å². The number of nitrogens with zero attached hydrogens (tertiary/aromatic N) is 3. The Hall–Kier alpha value is -2.75. The second-order valence-electron chi connectivity index (χ2n) is 7.47. The fraction of sp³-hybridized carbons (Fsp3) is 0.217. The fourth-order valence-corrected chi connectivity index (χ4v) is 4.85. The van der Waals surface area contributed by atoms with Crippen molar-refractivity contribution < 1.29 is 17.7 Å². The van der Waals surface area contributed by atoms with Gasteiger partial charge >= 0.3 is 6.18 Å². The quantitative estimate of drug-likeness (QED) is 0.357. The van der Waals surface area contributed by atoms with Crippen LogP contribution in [-0.4, -0.2) is 24.4 Å². The van der Waals surface area contributed by atoms with Crippen LogP contribution in [0.4, 0.5) is 13.2 Å². The zero-order valence-corrected chi connectivity index (χ0v) is 19.5. The maximum absolute atomic E-state index is 13.4. The SMILES string of the molecule is CC[S+]([O-])c1cc(-c2ccc(Cl)cc2)ccc1-c1nc2cc(C(F)(F)F)n(C)c(=O)c2n1C. The molecule has 4 aromatic rings. The molecule has 4 rings (SSSR count). The molecule has 0 bridgehead atoms. The Balaban J connectivity index is 1.95. The minimum atomic E-state index is -4.70. The first kappa shape index (κ1) is 23.4. The molecule has 2 aromatic heterocycles. The largest absolute Gasteiger partial charge is 0.611 e. The maximum Gasteiger partial charge on any atom is 0.431 e. The summed E-state index contributed by atoms with van der Waals surface area (Å²) in [7, 11) is 2.64. The number of imidazole rings is 1. The van der Waals surface area contributed by atoms with Crippen LogP contribution in [0.5, 0.6) is 0 Å². The number of halogens is 4. The molecule has 0 aliphatic heterocycles. The Labute approximate surface area is 195 Å². The molecule has 0 saturated carbocycles. The summed E-state index contributed by atoms with van der Waals surface area (Å²) in [6.45, 7) is 1.77. The minimum absolute atomic E-state index is 0.0375. The van der Waals surface area contributed by atoms with Crippen LogP contribution in [0.3, 0.4) is 0 Å². The highest BCUT2D eigenvalue weighted by Gasteiger charge is 2.35. The third-order valence-electron chi connectivity index (χ3n) is 5.46. The number of pyridine rings is 1. The number of aryl methyl sites for hydroxylation is 1. The Bertz CT molecular complexity index is 1410. The molecule has 0 amide bonds. The van der Waals surface area contributed by atoms with Crippen LogP contribution in [0, 0.1) is 0 Å². The normalized spacial score (nSPS) is 13.0. The van der Waals surface area contributed by atoms with Gasteiger partial charge in [-0.1, -0.05) is 29.8 Å². The molecule has 2 heterocycles. The summed E-state index contributed by atoms with van der Waals surface area (Å²) in [6.07, 6.45) is -4.70. The average molecular weight is 494 g/mol. The van der Waals surface area contributed by atoms with Gasteiger partial charge in [0.05, 0.1) is 11.1 Å². The molecule has 0 saturated heterocycles. The molecule has 33 heavy (non-hydrogen) atoms. The van der Waals surface area contributed by atoms with Crippen LogP contribution < -0.4 is 5.56 Å². The summed E-state index contributed by atoms with van der Waals surface area (Å²) < 4.78 is 55.1. The van der Waals surface area contributed by atoms with Crippen LogP contribution in [-0.2, 0) is 31.4 Å². The zero-order valence-electron chi connectivity index (χ0n) is 17.9. The highest BCUT2D eigenvalue weighted by Crippen LogP contribution is 2.35. The lowest BCUT2D eigenvalue weighted by Crippen LogP contribution is -2.26. The van der Waals surface area contributed by atoms with Gasteiger partial charge in [0.1, 0.15) is 22.8 Å². The van der Waals surface area contributed by atoms with Crippen molar-refractivity contribution in [3.63, 3.8) is 0 Å². The molecule has 0 spiro atoms. The number of aromatic nitrogens is 3. The highest BCUT2D eigenvalue weighted by molar-refractivity contribution is 7.91. The first-order chi connectivity index (χ1) is 15.5. The third-order valence-corrected chi connectivity index (χ3v) is 7.07. The molecule has 1 atom stereocenters. The average Bonchev–Trinajstić information content (AvgIpc) is 3.11. The number of benzene rings is 2. The van der Waals surface area contributed by atoms with Crippen molar-refractivity contribution >= 4 is 33.8 Å². The Morgan fingerprint density at radius 3 is 2.27 bits per heavy atom. The summed E-state index contributed by atoms with van der Waals surface area (Å²) in [6, 6.07) is 13.4. The van der Waals surface area contributed by atoms with Crippen LogP contribution in [0.2, 0.25) is 5.02 Å².